The van der Waals surface area contributed by atoms with Crippen LogP contribution < -0.4 is 4.74 Å². The van der Waals surface area contributed by atoms with Crippen molar-refractivity contribution in [2.75, 3.05) is 13.7 Å². The summed E-state index contributed by atoms with van der Waals surface area (Å²) in [6.45, 7) is 7.10. The quantitative estimate of drug-likeness (QED) is 0.158. The van der Waals surface area contributed by atoms with E-state index in [1.165, 1.54) is 6.07 Å². The van der Waals surface area contributed by atoms with Crippen molar-refractivity contribution < 1.29 is 19.6 Å². The number of benzene rings is 3. The van der Waals surface area contributed by atoms with E-state index in [-0.39, 0.29) is 16.7 Å². The van der Waals surface area contributed by atoms with Crippen LogP contribution in [0.25, 0.3) is 21.8 Å². The summed E-state index contributed by atoms with van der Waals surface area (Å²) in [7, 11) is 1.63. The zero-order valence-electron chi connectivity index (χ0n) is 19.6. The third-order valence-electron chi connectivity index (χ3n) is 5.94. The molecule has 0 aliphatic heterocycles. The number of rotatable bonds is 8. The van der Waals surface area contributed by atoms with Crippen LogP contribution in [0.5, 0.6) is 5.75 Å². The molecule has 0 aliphatic carbocycles. The number of nitro benzene ring substituents is 1. The Labute approximate surface area is 197 Å². The van der Waals surface area contributed by atoms with Gasteiger partial charge in [-0.25, -0.2) is 0 Å². The Morgan fingerprint density at radius 3 is 2.44 bits per heavy atom. The highest BCUT2D eigenvalue weighted by molar-refractivity contribution is 6.17. The van der Waals surface area contributed by atoms with Crippen molar-refractivity contribution >= 4 is 33.2 Å². The normalized spacial score (nSPS) is 12.9. The average molecular weight is 462 g/mol. The summed E-state index contributed by atoms with van der Waals surface area (Å²) in [6.07, 6.45) is -0.0939. The fourth-order valence-electron chi connectivity index (χ4n) is 4.44. The van der Waals surface area contributed by atoms with Crippen molar-refractivity contribution in [3.8, 4) is 5.75 Å². The number of methoxy groups -OCH3 is 1. The molecule has 4 rings (SSSR count). The van der Waals surface area contributed by atoms with Gasteiger partial charge in [0.05, 0.1) is 11.5 Å². The molecule has 1 N–H and O–H groups in total. The molecule has 0 bridgehead atoms. The molecule has 0 amide bonds. The summed E-state index contributed by atoms with van der Waals surface area (Å²) in [6, 6.07) is 16.3. The van der Waals surface area contributed by atoms with Gasteiger partial charge in [0.1, 0.15) is 17.6 Å². The standard InChI is InChI=1S/C26H27N3O5/c1-5-28-24-10-6-18(13-22(24)23-14-19(29(31)32)7-11-25(23)28)26(27-30)21-9-8-20(12-16(21)2)34-17(3)15-33-4/h6-14,17,30H,5,15H2,1-4H3/b27-26+. The number of nitrogens with zero attached hydrogens (tertiary/aromatic N) is 3. The van der Waals surface area contributed by atoms with E-state index in [2.05, 4.69) is 9.72 Å². The Bertz CT molecular complexity index is 1410. The smallest absolute Gasteiger partial charge is 0.270 e. The first-order valence-corrected chi connectivity index (χ1v) is 11.1. The monoisotopic (exact) mass is 461 g/mol. The second kappa shape index (κ2) is 9.52. The summed E-state index contributed by atoms with van der Waals surface area (Å²) in [4.78, 5) is 11.0. The number of aryl methyl sites for hydroxylation is 2. The minimum atomic E-state index is -0.389. The molecule has 1 unspecified atom stereocenters. The number of oxime groups is 1. The van der Waals surface area contributed by atoms with E-state index < -0.39 is 0 Å². The molecular formula is C26H27N3O5. The summed E-state index contributed by atoms with van der Waals surface area (Å²) in [5, 5.41) is 26.6. The average Bonchev–Trinajstić information content (AvgIpc) is 3.13. The van der Waals surface area contributed by atoms with Gasteiger partial charge in [-0.1, -0.05) is 11.2 Å². The van der Waals surface area contributed by atoms with E-state index in [4.69, 9.17) is 9.47 Å². The van der Waals surface area contributed by atoms with Crippen LogP contribution in [0.3, 0.4) is 0 Å². The zero-order chi connectivity index (χ0) is 24.4. The van der Waals surface area contributed by atoms with Gasteiger partial charge >= 0.3 is 0 Å². The number of fused-ring (bicyclic) bond motifs is 3. The first-order chi connectivity index (χ1) is 16.4. The van der Waals surface area contributed by atoms with Crippen LogP contribution in [0, 0.1) is 17.0 Å². The van der Waals surface area contributed by atoms with E-state index in [0.717, 1.165) is 39.5 Å². The largest absolute Gasteiger partial charge is 0.488 e. The minimum Gasteiger partial charge on any atom is -0.488 e. The number of hydrogen-bond acceptors (Lipinski definition) is 6. The topological polar surface area (TPSA) is 99.1 Å². The van der Waals surface area contributed by atoms with Gasteiger partial charge in [-0.3, -0.25) is 10.1 Å². The Kier molecular flexibility index (Phi) is 6.51. The maximum atomic E-state index is 11.4. The summed E-state index contributed by atoms with van der Waals surface area (Å²) in [5.41, 5.74) is 4.70. The Morgan fingerprint density at radius 1 is 1.12 bits per heavy atom. The molecule has 0 aliphatic rings. The van der Waals surface area contributed by atoms with Crippen LogP contribution in [0.15, 0.2) is 59.8 Å². The molecule has 3 aromatic carbocycles. The predicted molar refractivity (Wildman–Crippen MR) is 132 cm³/mol. The van der Waals surface area contributed by atoms with E-state index in [1.807, 2.05) is 57.2 Å². The van der Waals surface area contributed by atoms with Crippen molar-refractivity contribution in [2.45, 2.75) is 33.4 Å². The van der Waals surface area contributed by atoms with Gasteiger partial charge in [0.15, 0.2) is 0 Å². The van der Waals surface area contributed by atoms with Crippen molar-refractivity contribution in [1.82, 2.24) is 4.57 Å². The highest BCUT2D eigenvalue weighted by atomic mass is 16.6. The molecule has 0 fully saturated rings. The Morgan fingerprint density at radius 2 is 1.82 bits per heavy atom. The number of hydrogen-bond donors (Lipinski definition) is 1. The Hall–Kier alpha value is -3.91. The maximum absolute atomic E-state index is 11.4. The minimum absolute atomic E-state index is 0.0400. The predicted octanol–water partition coefficient (Wildman–Crippen LogP) is 5.67. The SMILES string of the molecule is CCn1c2ccc(/C(=N\O)c3ccc(OC(C)COC)cc3C)cc2c2cc([N+](=O)[O-])ccc21. The lowest BCUT2D eigenvalue weighted by molar-refractivity contribution is -0.384. The van der Waals surface area contributed by atoms with Gasteiger partial charge in [-0.15, -0.1) is 0 Å². The fraction of sp³-hybridized carbons (Fsp3) is 0.269. The third-order valence-corrected chi connectivity index (χ3v) is 5.94. The number of nitro groups is 1. The van der Waals surface area contributed by atoms with Crippen molar-refractivity contribution in [3.63, 3.8) is 0 Å². The van der Waals surface area contributed by atoms with Crippen molar-refractivity contribution in [3.05, 3.63) is 81.4 Å². The van der Waals surface area contributed by atoms with Crippen LogP contribution in [0.4, 0.5) is 5.69 Å². The molecule has 34 heavy (non-hydrogen) atoms. The lowest BCUT2D eigenvalue weighted by Gasteiger charge is -2.16. The van der Waals surface area contributed by atoms with Crippen molar-refractivity contribution in [2.24, 2.45) is 5.16 Å². The van der Waals surface area contributed by atoms with Crippen LogP contribution >= 0.6 is 0 Å². The number of non-ortho nitro benzene ring substituents is 1. The van der Waals surface area contributed by atoms with Gasteiger partial charge < -0.3 is 19.2 Å². The van der Waals surface area contributed by atoms with Crippen molar-refractivity contribution in [1.29, 1.82) is 0 Å². The molecule has 1 atom stereocenters. The first kappa shape index (κ1) is 23.3. The summed E-state index contributed by atoms with van der Waals surface area (Å²) < 4.78 is 13.1. The molecule has 176 valence electrons. The highest BCUT2D eigenvalue weighted by Crippen LogP contribution is 2.33. The molecule has 8 nitrogen and oxygen atoms in total. The van der Waals surface area contributed by atoms with Gasteiger partial charge in [0.25, 0.3) is 5.69 Å². The van der Waals surface area contributed by atoms with Crippen LogP contribution in [0.2, 0.25) is 0 Å². The molecule has 0 radical (unpaired) electrons. The highest BCUT2D eigenvalue weighted by Gasteiger charge is 2.18. The molecule has 0 saturated carbocycles. The maximum Gasteiger partial charge on any atom is 0.270 e. The van der Waals surface area contributed by atoms with E-state index >= 15 is 0 Å². The summed E-state index contributed by atoms with van der Waals surface area (Å²) in [5.74, 6) is 0.705. The van der Waals surface area contributed by atoms with Crippen LogP contribution in [-0.4, -0.2) is 40.2 Å². The van der Waals surface area contributed by atoms with Crippen LogP contribution in [-0.2, 0) is 11.3 Å². The molecule has 1 heterocycles. The number of aromatic nitrogens is 1. The molecule has 0 saturated heterocycles. The van der Waals surface area contributed by atoms with Gasteiger partial charge in [-0.05, 0) is 62.7 Å². The lowest BCUT2D eigenvalue weighted by Crippen LogP contribution is -2.18. The van der Waals surface area contributed by atoms with E-state index in [1.54, 1.807) is 19.2 Å². The van der Waals surface area contributed by atoms with E-state index in [9.17, 15) is 15.3 Å². The van der Waals surface area contributed by atoms with Gasteiger partial charge in [0, 0.05) is 58.7 Å². The first-order valence-electron chi connectivity index (χ1n) is 11.1. The second-order valence-corrected chi connectivity index (χ2v) is 8.24. The molecule has 4 aromatic rings. The lowest BCUT2D eigenvalue weighted by atomic mass is 9.96. The third kappa shape index (κ3) is 4.20. The molecule has 1 aromatic heterocycles. The molecule has 8 heteroatoms. The van der Waals surface area contributed by atoms with E-state index in [0.29, 0.717) is 23.6 Å². The molecule has 0 spiro atoms. The van der Waals surface area contributed by atoms with Gasteiger partial charge in [0.2, 0.25) is 0 Å². The fourth-order valence-corrected chi connectivity index (χ4v) is 4.44. The molecular weight excluding hydrogens is 434 g/mol. The second-order valence-electron chi connectivity index (χ2n) is 8.24. The van der Waals surface area contributed by atoms with Gasteiger partial charge in [-0.2, -0.15) is 0 Å². The summed E-state index contributed by atoms with van der Waals surface area (Å²) >= 11 is 0. The Balaban J connectivity index is 1.80. The van der Waals surface area contributed by atoms with Crippen LogP contribution in [0.1, 0.15) is 30.5 Å². The zero-order valence-corrected chi connectivity index (χ0v) is 19.6. The number of ether oxygens (including phenoxy) is 2.